The molecule has 0 radical (unpaired) electrons. The summed E-state index contributed by atoms with van der Waals surface area (Å²) in [6.07, 6.45) is 5.85. The number of nitrogens with one attached hydrogen (secondary N) is 1. The average Bonchev–Trinajstić information content (AvgIpc) is 3.31. The predicted molar refractivity (Wildman–Crippen MR) is 88.1 cm³/mol. The molecule has 6 nitrogen and oxygen atoms in total. The van der Waals surface area contributed by atoms with Crippen molar-refractivity contribution in [3.05, 3.63) is 47.8 Å². The van der Waals surface area contributed by atoms with Crippen LogP contribution in [0.1, 0.15) is 47.1 Å². The molecule has 126 valence electrons. The molecule has 0 unspecified atom stereocenters. The van der Waals surface area contributed by atoms with Gasteiger partial charge < -0.3 is 15.2 Å². The molecule has 1 heterocycles. The number of hydrogen-bond acceptors (Lipinski definition) is 4. The number of rotatable bonds is 5. The summed E-state index contributed by atoms with van der Waals surface area (Å²) in [6, 6.07) is 7.09. The summed E-state index contributed by atoms with van der Waals surface area (Å²) in [6.45, 7) is 0. The largest absolute Gasteiger partial charge is 0.496 e. The lowest BCUT2D eigenvalue weighted by molar-refractivity contribution is -0.00588. The fourth-order valence-corrected chi connectivity index (χ4v) is 3.41. The molecule has 2 fully saturated rings. The monoisotopic (exact) mass is 327 g/mol. The van der Waals surface area contributed by atoms with Crippen molar-refractivity contribution in [2.24, 2.45) is 0 Å². The molecular formula is C18H21N3O3. The first-order valence-electron chi connectivity index (χ1n) is 8.33. The molecule has 0 spiro atoms. The van der Waals surface area contributed by atoms with E-state index in [9.17, 15) is 9.90 Å². The van der Waals surface area contributed by atoms with E-state index in [4.69, 9.17) is 4.74 Å². The highest BCUT2D eigenvalue weighted by Crippen LogP contribution is 2.44. The number of aliphatic hydroxyl groups is 1. The molecule has 4 rings (SSSR count). The molecule has 1 aromatic heterocycles. The summed E-state index contributed by atoms with van der Waals surface area (Å²) < 4.78 is 7.11. The Morgan fingerprint density at radius 2 is 2.25 bits per heavy atom. The van der Waals surface area contributed by atoms with Crippen LogP contribution < -0.4 is 10.1 Å². The first-order chi connectivity index (χ1) is 11.7. The molecule has 24 heavy (non-hydrogen) atoms. The van der Waals surface area contributed by atoms with Crippen LogP contribution in [0.25, 0.3) is 0 Å². The molecule has 0 aliphatic heterocycles. The van der Waals surface area contributed by atoms with Crippen LogP contribution in [0.3, 0.4) is 0 Å². The lowest BCUT2D eigenvalue weighted by atomic mass is 9.83. The Balaban J connectivity index is 1.49. The number of nitrogens with zero attached hydrogens (tertiary/aromatic N) is 2. The Hall–Kier alpha value is -2.34. The zero-order chi connectivity index (χ0) is 16.7. The van der Waals surface area contributed by atoms with Gasteiger partial charge in [0.05, 0.1) is 25.3 Å². The lowest BCUT2D eigenvalue weighted by Crippen LogP contribution is -2.56. The number of carbonyl (C=O) groups excluding carboxylic acids is 1. The minimum atomic E-state index is -0.479. The van der Waals surface area contributed by atoms with Gasteiger partial charge in [0.25, 0.3) is 5.91 Å². The number of aromatic nitrogens is 2. The van der Waals surface area contributed by atoms with Gasteiger partial charge in [-0.2, -0.15) is 5.10 Å². The Morgan fingerprint density at radius 1 is 1.42 bits per heavy atom. The maximum Gasteiger partial charge on any atom is 0.251 e. The van der Waals surface area contributed by atoms with Gasteiger partial charge in [-0.05, 0) is 55.0 Å². The van der Waals surface area contributed by atoms with Crippen LogP contribution in [-0.2, 0) is 0 Å². The summed E-state index contributed by atoms with van der Waals surface area (Å²) in [5.74, 6) is 1.24. The van der Waals surface area contributed by atoms with E-state index in [1.54, 1.807) is 24.1 Å². The second kappa shape index (κ2) is 5.94. The Bertz CT molecular complexity index is 740. The van der Waals surface area contributed by atoms with Gasteiger partial charge in [0.2, 0.25) is 0 Å². The molecule has 0 saturated heterocycles. The minimum absolute atomic E-state index is 0.112. The van der Waals surface area contributed by atoms with Crippen LogP contribution in [0.15, 0.2) is 36.7 Å². The van der Waals surface area contributed by atoms with Crippen molar-refractivity contribution in [2.45, 2.75) is 43.4 Å². The van der Waals surface area contributed by atoms with Crippen LogP contribution in [0.5, 0.6) is 5.75 Å². The second-order valence-electron chi connectivity index (χ2n) is 6.59. The van der Waals surface area contributed by atoms with Crippen LogP contribution in [0.2, 0.25) is 0 Å². The highest BCUT2D eigenvalue weighted by atomic mass is 16.5. The third-order valence-electron chi connectivity index (χ3n) is 4.96. The van der Waals surface area contributed by atoms with E-state index in [1.165, 1.54) is 0 Å². The topological polar surface area (TPSA) is 76.4 Å². The van der Waals surface area contributed by atoms with Gasteiger partial charge in [0.1, 0.15) is 5.75 Å². The minimum Gasteiger partial charge on any atom is -0.496 e. The Labute approximate surface area is 140 Å². The molecule has 0 bridgehead atoms. The molecule has 2 aliphatic rings. The molecule has 1 amide bonds. The highest BCUT2D eigenvalue weighted by Gasteiger charge is 2.42. The molecule has 1 aromatic carbocycles. The van der Waals surface area contributed by atoms with Gasteiger partial charge in [-0.15, -0.1) is 0 Å². The molecular weight excluding hydrogens is 306 g/mol. The van der Waals surface area contributed by atoms with Crippen molar-refractivity contribution in [3.63, 3.8) is 0 Å². The zero-order valence-corrected chi connectivity index (χ0v) is 13.6. The summed E-state index contributed by atoms with van der Waals surface area (Å²) in [5, 5.41) is 17.2. The van der Waals surface area contributed by atoms with Gasteiger partial charge >= 0.3 is 0 Å². The molecule has 2 saturated carbocycles. The third kappa shape index (κ3) is 2.67. The number of ether oxygens (including phenoxy) is 1. The third-order valence-corrected chi connectivity index (χ3v) is 4.96. The van der Waals surface area contributed by atoms with Gasteiger partial charge in [-0.3, -0.25) is 9.48 Å². The zero-order valence-electron chi connectivity index (χ0n) is 13.6. The number of benzene rings is 1. The SMILES string of the molecule is COc1ccc(C(=O)N[C@H]2C[C@@H](O)[C@@H]2n2cccn2)cc1C1CC1. The first-order valence-corrected chi connectivity index (χ1v) is 8.33. The van der Waals surface area contributed by atoms with E-state index in [1.807, 2.05) is 24.4 Å². The lowest BCUT2D eigenvalue weighted by Gasteiger charge is -2.41. The van der Waals surface area contributed by atoms with E-state index < -0.39 is 6.10 Å². The van der Waals surface area contributed by atoms with Crippen molar-refractivity contribution in [1.29, 1.82) is 0 Å². The summed E-state index contributed by atoms with van der Waals surface area (Å²) in [7, 11) is 1.66. The Morgan fingerprint density at radius 3 is 2.88 bits per heavy atom. The summed E-state index contributed by atoms with van der Waals surface area (Å²) >= 11 is 0. The van der Waals surface area contributed by atoms with Crippen LogP contribution in [0, 0.1) is 0 Å². The predicted octanol–water partition coefficient (Wildman–Crippen LogP) is 1.87. The van der Waals surface area contributed by atoms with Crippen molar-refractivity contribution < 1.29 is 14.6 Å². The Kier molecular flexibility index (Phi) is 3.76. The number of amides is 1. The van der Waals surface area contributed by atoms with Crippen LogP contribution in [0.4, 0.5) is 0 Å². The summed E-state index contributed by atoms with van der Waals surface area (Å²) in [5.41, 5.74) is 1.75. The number of carbonyl (C=O) groups is 1. The smallest absolute Gasteiger partial charge is 0.251 e. The normalized spacial score (nSPS) is 25.8. The van der Waals surface area contributed by atoms with Crippen LogP contribution in [-0.4, -0.2) is 40.0 Å². The maximum absolute atomic E-state index is 12.6. The molecule has 2 N–H and O–H groups in total. The number of aliphatic hydroxyl groups excluding tert-OH is 1. The van der Waals surface area contributed by atoms with Crippen molar-refractivity contribution in [1.82, 2.24) is 15.1 Å². The fourth-order valence-electron chi connectivity index (χ4n) is 3.41. The van der Waals surface area contributed by atoms with E-state index >= 15 is 0 Å². The number of methoxy groups -OCH3 is 1. The van der Waals surface area contributed by atoms with Crippen molar-refractivity contribution in [3.8, 4) is 5.75 Å². The molecule has 2 aromatic rings. The molecule has 3 atom stereocenters. The van der Waals surface area contributed by atoms with Crippen molar-refractivity contribution in [2.75, 3.05) is 7.11 Å². The summed E-state index contributed by atoms with van der Waals surface area (Å²) in [4.78, 5) is 12.6. The van der Waals surface area contributed by atoms with E-state index in [2.05, 4.69) is 10.4 Å². The highest BCUT2D eigenvalue weighted by molar-refractivity contribution is 5.95. The maximum atomic E-state index is 12.6. The van der Waals surface area contributed by atoms with Gasteiger partial charge in [-0.1, -0.05) is 0 Å². The molecule has 6 heteroatoms. The fraction of sp³-hybridized carbons (Fsp3) is 0.444. The quantitative estimate of drug-likeness (QED) is 0.879. The molecule has 2 aliphatic carbocycles. The van der Waals surface area contributed by atoms with Crippen LogP contribution >= 0.6 is 0 Å². The first kappa shape index (κ1) is 15.2. The van der Waals surface area contributed by atoms with E-state index in [-0.39, 0.29) is 18.0 Å². The van der Waals surface area contributed by atoms with Crippen molar-refractivity contribution >= 4 is 5.91 Å². The van der Waals surface area contributed by atoms with E-state index in [0.29, 0.717) is 17.9 Å². The van der Waals surface area contributed by atoms with E-state index in [0.717, 1.165) is 24.2 Å². The van der Waals surface area contributed by atoms with Gasteiger partial charge in [-0.25, -0.2) is 0 Å². The van der Waals surface area contributed by atoms with Gasteiger partial charge in [0.15, 0.2) is 0 Å². The standard InChI is InChI=1S/C18H21N3O3/c1-24-16-6-5-12(9-13(16)11-3-4-11)18(23)20-14-10-15(22)17(14)21-8-2-7-19-21/h2,5-9,11,14-15,17,22H,3-4,10H2,1H3,(H,20,23)/t14-,15+,17+/m0/s1. The van der Waals surface area contributed by atoms with Gasteiger partial charge in [0, 0.05) is 18.0 Å². The second-order valence-corrected chi connectivity index (χ2v) is 6.59. The number of hydrogen-bond donors (Lipinski definition) is 2. The average molecular weight is 327 g/mol.